The summed E-state index contributed by atoms with van der Waals surface area (Å²) in [5.41, 5.74) is 3.97. The lowest BCUT2D eigenvalue weighted by Gasteiger charge is -2.25. The summed E-state index contributed by atoms with van der Waals surface area (Å²) in [5, 5.41) is 1.59. The third kappa shape index (κ3) is 5.22. The molecule has 156 valence electrons. The van der Waals surface area contributed by atoms with E-state index >= 15 is 0 Å². The van der Waals surface area contributed by atoms with Crippen LogP contribution in [0.25, 0.3) is 0 Å². The number of carbonyl (C=O) groups is 1. The second kappa shape index (κ2) is 9.51. The highest BCUT2D eigenvalue weighted by atomic mass is 32.2. The van der Waals surface area contributed by atoms with Gasteiger partial charge in [0.2, 0.25) is 10.0 Å². The molecule has 30 heavy (non-hydrogen) atoms. The van der Waals surface area contributed by atoms with E-state index in [-0.39, 0.29) is 17.0 Å². The van der Waals surface area contributed by atoms with Crippen LogP contribution < -0.4 is 15.2 Å². The van der Waals surface area contributed by atoms with Gasteiger partial charge in [-0.15, -0.1) is 0 Å². The van der Waals surface area contributed by atoms with Crippen LogP contribution in [-0.4, -0.2) is 20.9 Å². The molecule has 0 aliphatic heterocycles. The summed E-state index contributed by atoms with van der Waals surface area (Å²) >= 11 is 0. The van der Waals surface area contributed by atoms with E-state index in [4.69, 9.17) is 0 Å². The SMILES string of the molecule is CCNS(=O)(=O)c1ccc(F)c(C(=O)NN(Cc2ccccc2)c2ccccc2)c1. The summed E-state index contributed by atoms with van der Waals surface area (Å²) in [5.74, 6) is -1.56. The molecular weight excluding hydrogens is 405 g/mol. The van der Waals surface area contributed by atoms with Gasteiger partial charge in [0.1, 0.15) is 5.82 Å². The van der Waals surface area contributed by atoms with Crippen molar-refractivity contribution < 1.29 is 17.6 Å². The van der Waals surface area contributed by atoms with E-state index < -0.39 is 21.7 Å². The molecule has 3 aromatic carbocycles. The Kier molecular flexibility index (Phi) is 6.81. The maximum atomic E-state index is 14.4. The minimum atomic E-state index is -3.82. The first-order valence-corrected chi connectivity index (χ1v) is 10.9. The van der Waals surface area contributed by atoms with Crippen molar-refractivity contribution in [2.24, 2.45) is 0 Å². The van der Waals surface area contributed by atoms with Gasteiger partial charge in [-0.2, -0.15) is 0 Å². The number of sulfonamides is 1. The zero-order chi connectivity index (χ0) is 21.6. The van der Waals surface area contributed by atoms with Crippen molar-refractivity contribution in [1.82, 2.24) is 10.1 Å². The predicted octanol–water partition coefficient (Wildman–Crippen LogP) is 3.48. The van der Waals surface area contributed by atoms with E-state index in [1.165, 1.54) is 0 Å². The standard InChI is InChI=1S/C22H22FN3O3S/c1-2-24-30(28,29)19-13-14-21(23)20(15-19)22(27)25-26(18-11-7-4-8-12-18)16-17-9-5-3-6-10-17/h3-15,24H,2,16H2,1H3,(H,25,27). The van der Waals surface area contributed by atoms with E-state index in [0.29, 0.717) is 12.2 Å². The monoisotopic (exact) mass is 427 g/mol. The van der Waals surface area contributed by atoms with Crippen molar-refractivity contribution in [3.05, 3.63) is 95.8 Å². The number of hydrazine groups is 1. The third-order valence-corrected chi connectivity index (χ3v) is 5.86. The van der Waals surface area contributed by atoms with Crippen LogP contribution in [0.3, 0.4) is 0 Å². The topological polar surface area (TPSA) is 78.5 Å². The van der Waals surface area contributed by atoms with Crippen LogP contribution in [-0.2, 0) is 16.6 Å². The van der Waals surface area contributed by atoms with Crippen LogP contribution in [0, 0.1) is 5.82 Å². The molecule has 0 atom stereocenters. The van der Waals surface area contributed by atoms with Gasteiger partial charge in [0, 0.05) is 6.54 Å². The van der Waals surface area contributed by atoms with Crippen LogP contribution in [0.4, 0.5) is 10.1 Å². The molecule has 8 heteroatoms. The van der Waals surface area contributed by atoms with Crippen molar-refractivity contribution in [3.8, 4) is 0 Å². The lowest BCUT2D eigenvalue weighted by atomic mass is 10.2. The average molecular weight is 428 g/mol. The molecule has 0 radical (unpaired) electrons. The number of rotatable bonds is 8. The molecule has 0 unspecified atom stereocenters. The lowest BCUT2D eigenvalue weighted by Crippen LogP contribution is -2.42. The van der Waals surface area contributed by atoms with Gasteiger partial charge in [-0.25, -0.2) is 17.5 Å². The Morgan fingerprint density at radius 2 is 1.60 bits per heavy atom. The van der Waals surface area contributed by atoms with Gasteiger partial charge in [0.25, 0.3) is 5.91 Å². The van der Waals surface area contributed by atoms with Crippen LogP contribution in [0.15, 0.2) is 83.8 Å². The molecule has 3 aromatic rings. The molecule has 0 heterocycles. The first kappa shape index (κ1) is 21.5. The first-order chi connectivity index (χ1) is 14.4. The van der Waals surface area contributed by atoms with E-state index in [0.717, 1.165) is 23.8 Å². The maximum absolute atomic E-state index is 14.4. The first-order valence-electron chi connectivity index (χ1n) is 9.37. The number of hydrogen-bond acceptors (Lipinski definition) is 4. The number of halogens is 1. The second-order valence-electron chi connectivity index (χ2n) is 6.49. The Hall–Kier alpha value is -3.23. The van der Waals surface area contributed by atoms with E-state index in [1.807, 2.05) is 60.7 Å². The summed E-state index contributed by atoms with van der Waals surface area (Å²) in [4.78, 5) is 12.7. The van der Waals surface area contributed by atoms with Crippen molar-refractivity contribution >= 4 is 21.6 Å². The van der Waals surface area contributed by atoms with Crippen molar-refractivity contribution in [3.63, 3.8) is 0 Å². The number of amides is 1. The molecule has 0 bridgehead atoms. The number of nitrogens with zero attached hydrogens (tertiary/aromatic N) is 1. The summed E-state index contributed by atoms with van der Waals surface area (Å²) < 4.78 is 41.2. The molecule has 0 spiro atoms. The summed E-state index contributed by atoms with van der Waals surface area (Å²) in [7, 11) is -3.82. The fraction of sp³-hybridized carbons (Fsp3) is 0.136. The Balaban J connectivity index is 1.90. The van der Waals surface area contributed by atoms with Gasteiger partial charge in [0.15, 0.2) is 0 Å². The molecule has 0 aromatic heterocycles. The van der Waals surface area contributed by atoms with Crippen LogP contribution in [0.2, 0.25) is 0 Å². The van der Waals surface area contributed by atoms with Crippen LogP contribution >= 0.6 is 0 Å². The minimum Gasteiger partial charge on any atom is -0.281 e. The number of anilines is 1. The Morgan fingerprint density at radius 3 is 2.23 bits per heavy atom. The molecule has 0 saturated heterocycles. The second-order valence-corrected chi connectivity index (χ2v) is 8.26. The zero-order valence-electron chi connectivity index (χ0n) is 16.4. The average Bonchev–Trinajstić information content (AvgIpc) is 2.74. The Morgan fingerprint density at radius 1 is 0.967 bits per heavy atom. The highest BCUT2D eigenvalue weighted by molar-refractivity contribution is 7.89. The van der Waals surface area contributed by atoms with E-state index in [1.54, 1.807) is 11.9 Å². The molecule has 1 amide bonds. The molecule has 6 nitrogen and oxygen atoms in total. The molecule has 0 aliphatic carbocycles. The normalized spacial score (nSPS) is 11.1. The highest BCUT2D eigenvalue weighted by Gasteiger charge is 2.20. The van der Waals surface area contributed by atoms with E-state index in [2.05, 4.69) is 10.1 Å². The largest absolute Gasteiger partial charge is 0.281 e. The van der Waals surface area contributed by atoms with Gasteiger partial charge in [0.05, 0.1) is 22.7 Å². The Bertz CT molecular complexity index is 1110. The van der Waals surface area contributed by atoms with Gasteiger partial charge >= 0.3 is 0 Å². The number of para-hydroxylation sites is 1. The van der Waals surface area contributed by atoms with Gasteiger partial charge < -0.3 is 0 Å². The minimum absolute atomic E-state index is 0.176. The number of nitrogens with one attached hydrogen (secondary N) is 2. The van der Waals surface area contributed by atoms with Gasteiger partial charge in [-0.1, -0.05) is 55.5 Å². The predicted molar refractivity (Wildman–Crippen MR) is 114 cm³/mol. The summed E-state index contributed by atoms with van der Waals surface area (Å²) in [6, 6.07) is 21.7. The third-order valence-electron chi connectivity index (χ3n) is 4.31. The van der Waals surface area contributed by atoms with Crippen molar-refractivity contribution in [2.45, 2.75) is 18.4 Å². The van der Waals surface area contributed by atoms with Crippen LogP contribution in [0.5, 0.6) is 0 Å². The molecule has 0 saturated carbocycles. The van der Waals surface area contributed by atoms with Crippen LogP contribution in [0.1, 0.15) is 22.8 Å². The fourth-order valence-electron chi connectivity index (χ4n) is 2.87. The van der Waals surface area contributed by atoms with Gasteiger partial charge in [-0.3, -0.25) is 15.2 Å². The zero-order valence-corrected chi connectivity index (χ0v) is 17.2. The molecular formula is C22H22FN3O3S. The summed E-state index contributed by atoms with van der Waals surface area (Å²) in [6.45, 7) is 2.16. The number of carbonyl (C=O) groups excluding carboxylic acids is 1. The summed E-state index contributed by atoms with van der Waals surface area (Å²) in [6.07, 6.45) is 0. The number of hydrogen-bond donors (Lipinski definition) is 2. The molecule has 3 rings (SSSR count). The lowest BCUT2D eigenvalue weighted by molar-refractivity contribution is 0.0944. The smallest absolute Gasteiger partial charge is 0.272 e. The van der Waals surface area contributed by atoms with E-state index in [9.17, 15) is 17.6 Å². The van der Waals surface area contributed by atoms with Gasteiger partial charge in [-0.05, 0) is 35.9 Å². The fourth-order valence-corrected chi connectivity index (χ4v) is 3.94. The van der Waals surface area contributed by atoms with Crippen molar-refractivity contribution in [1.29, 1.82) is 0 Å². The Labute approximate surface area is 175 Å². The maximum Gasteiger partial charge on any atom is 0.272 e. The quantitative estimate of drug-likeness (QED) is 0.540. The molecule has 2 N–H and O–H groups in total. The highest BCUT2D eigenvalue weighted by Crippen LogP contribution is 2.18. The molecule has 0 aliphatic rings. The molecule has 0 fully saturated rings. The number of benzene rings is 3. The van der Waals surface area contributed by atoms with Crippen molar-refractivity contribution in [2.75, 3.05) is 11.6 Å².